The molecule has 0 bridgehead atoms. The van der Waals surface area contributed by atoms with Crippen molar-refractivity contribution in [2.75, 3.05) is 11.4 Å². The second-order valence-corrected chi connectivity index (χ2v) is 7.44. The van der Waals surface area contributed by atoms with Crippen molar-refractivity contribution in [1.29, 1.82) is 0 Å². The van der Waals surface area contributed by atoms with Crippen LogP contribution in [0.5, 0.6) is 0 Å². The van der Waals surface area contributed by atoms with E-state index in [0.29, 0.717) is 18.1 Å². The van der Waals surface area contributed by atoms with E-state index in [9.17, 15) is 9.90 Å². The number of carboxylic acid groups (broad SMARTS) is 1. The number of aryl methyl sites for hydroxylation is 2. The second kappa shape index (κ2) is 8.86. The molecule has 0 saturated carbocycles. The summed E-state index contributed by atoms with van der Waals surface area (Å²) in [6, 6.07) is 20.9. The van der Waals surface area contributed by atoms with Crippen molar-refractivity contribution < 1.29 is 9.90 Å². The lowest BCUT2D eigenvalue weighted by atomic mass is 10.0. The fourth-order valence-corrected chi connectivity index (χ4v) is 4.05. The normalized spacial score (nSPS) is 16.1. The van der Waals surface area contributed by atoms with Crippen LogP contribution in [0.4, 0.5) is 5.95 Å². The number of anilines is 1. The lowest BCUT2D eigenvalue weighted by molar-refractivity contribution is 0.0694. The van der Waals surface area contributed by atoms with Gasteiger partial charge in [0.1, 0.15) is 0 Å². The van der Waals surface area contributed by atoms with Crippen LogP contribution in [0.3, 0.4) is 0 Å². The standard InChI is InChI=1S/C24H25N3O2/c28-23(29)20-17-25-24(26-21(20)14-7-11-18-9-3-1-4-10-18)27-16-8-15-22(27)19-12-5-2-6-13-19/h1-6,9-10,12-13,17,22H,7-8,11,14-16H2,(H,28,29). The Morgan fingerprint density at radius 3 is 2.48 bits per heavy atom. The van der Waals surface area contributed by atoms with Gasteiger partial charge < -0.3 is 10.0 Å². The van der Waals surface area contributed by atoms with Crippen LogP contribution in [0.25, 0.3) is 0 Å². The zero-order chi connectivity index (χ0) is 20.1. The third-order valence-corrected chi connectivity index (χ3v) is 5.50. The molecular weight excluding hydrogens is 362 g/mol. The van der Waals surface area contributed by atoms with E-state index in [4.69, 9.17) is 4.98 Å². The minimum Gasteiger partial charge on any atom is -0.478 e. The Morgan fingerprint density at radius 2 is 1.76 bits per heavy atom. The van der Waals surface area contributed by atoms with Crippen molar-refractivity contribution in [1.82, 2.24) is 9.97 Å². The third kappa shape index (κ3) is 4.45. The second-order valence-electron chi connectivity index (χ2n) is 7.44. The highest BCUT2D eigenvalue weighted by Gasteiger charge is 2.28. The van der Waals surface area contributed by atoms with Gasteiger partial charge in [-0.15, -0.1) is 0 Å². The highest BCUT2D eigenvalue weighted by Crippen LogP contribution is 2.34. The molecule has 29 heavy (non-hydrogen) atoms. The van der Waals surface area contributed by atoms with E-state index in [0.717, 1.165) is 32.2 Å². The Labute approximate surface area is 171 Å². The molecule has 5 nitrogen and oxygen atoms in total. The van der Waals surface area contributed by atoms with Gasteiger partial charge in [-0.2, -0.15) is 0 Å². The number of hydrogen-bond acceptors (Lipinski definition) is 4. The maximum absolute atomic E-state index is 11.7. The molecule has 1 aliphatic heterocycles. The molecule has 2 aromatic carbocycles. The summed E-state index contributed by atoms with van der Waals surface area (Å²) in [5, 5.41) is 9.57. The van der Waals surface area contributed by atoms with Crippen LogP contribution in [0, 0.1) is 0 Å². The first-order valence-electron chi connectivity index (χ1n) is 10.2. The quantitative estimate of drug-likeness (QED) is 0.637. The zero-order valence-corrected chi connectivity index (χ0v) is 16.4. The number of aromatic nitrogens is 2. The number of aromatic carboxylic acids is 1. The average Bonchev–Trinajstić information content (AvgIpc) is 3.25. The Morgan fingerprint density at radius 1 is 1.03 bits per heavy atom. The van der Waals surface area contributed by atoms with Crippen LogP contribution in [0.1, 0.15) is 52.5 Å². The number of carboxylic acids is 1. The fraction of sp³-hybridized carbons (Fsp3) is 0.292. The van der Waals surface area contributed by atoms with E-state index in [1.807, 2.05) is 24.3 Å². The van der Waals surface area contributed by atoms with Gasteiger partial charge in [-0.1, -0.05) is 60.7 Å². The predicted molar refractivity (Wildman–Crippen MR) is 113 cm³/mol. The minimum absolute atomic E-state index is 0.206. The molecule has 1 atom stereocenters. The van der Waals surface area contributed by atoms with Gasteiger partial charge in [0.2, 0.25) is 5.95 Å². The molecule has 0 amide bonds. The number of nitrogens with zero attached hydrogens (tertiary/aromatic N) is 3. The molecule has 2 heterocycles. The summed E-state index contributed by atoms with van der Waals surface area (Å²) in [5.41, 5.74) is 3.33. The van der Waals surface area contributed by atoms with Gasteiger partial charge >= 0.3 is 5.97 Å². The zero-order valence-electron chi connectivity index (χ0n) is 16.4. The van der Waals surface area contributed by atoms with Crippen molar-refractivity contribution in [3.05, 3.63) is 89.2 Å². The van der Waals surface area contributed by atoms with Crippen LogP contribution >= 0.6 is 0 Å². The van der Waals surface area contributed by atoms with Gasteiger partial charge in [0.15, 0.2) is 0 Å². The minimum atomic E-state index is -0.965. The molecule has 0 spiro atoms. The third-order valence-electron chi connectivity index (χ3n) is 5.50. The lowest BCUT2D eigenvalue weighted by Gasteiger charge is -2.25. The van der Waals surface area contributed by atoms with E-state index in [2.05, 4.69) is 46.3 Å². The van der Waals surface area contributed by atoms with Gasteiger partial charge in [-0.25, -0.2) is 14.8 Å². The van der Waals surface area contributed by atoms with Crippen LogP contribution in [0.2, 0.25) is 0 Å². The van der Waals surface area contributed by atoms with Gasteiger partial charge in [-0.3, -0.25) is 0 Å². The summed E-state index contributed by atoms with van der Waals surface area (Å²) in [5.74, 6) is -0.330. The van der Waals surface area contributed by atoms with Crippen LogP contribution in [-0.4, -0.2) is 27.6 Å². The van der Waals surface area contributed by atoms with Crippen molar-refractivity contribution in [3.63, 3.8) is 0 Å². The van der Waals surface area contributed by atoms with Crippen LogP contribution in [-0.2, 0) is 12.8 Å². The molecule has 5 heteroatoms. The summed E-state index contributed by atoms with van der Waals surface area (Å²) in [4.78, 5) is 23.0. The van der Waals surface area contributed by atoms with E-state index in [1.165, 1.54) is 17.3 Å². The van der Waals surface area contributed by atoms with E-state index in [1.54, 1.807) is 0 Å². The highest BCUT2D eigenvalue weighted by molar-refractivity contribution is 5.88. The van der Waals surface area contributed by atoms with Gasteiger partial charge in [0, 0.05) is 12.7 Å². The molecule has 1 N–H and O–H groups in total. The molecule has 148 valence electrons. The molecule has 3 aromatic rings. The smallest absolute Gasteiger partial charge is 0.339 e. The summed E-state index contributed by atoms with van der Waals surface area (Å²) < 4.78 is 0. The summed E-state index contributed by atoms with van der Waals surface area (Å²) in [6.45, 7) is 0.884. The fourth-order valence-electron chi connectivity index (χ4n) is 4.05. The van der Waals surface area contributed by atoms with Crippen molar-refractivity contribution in [2.45, 2.75) is 38.1 Å². The van der Waals surface area contributed by atoms with Gasteiger partial charge in [0.05, 0.1) is 17.3 Å². The Hall–Kier alpha value is -3.21. The van der Waals surface area contributed by atoms with Crippen molar-refractivity contribution in [3.8, 4) is 0 Å². The van der Waals surface area contributed by atoms with E-state index < -0.39 is 5.97 Å². The SMILES string of the molecule is O=C(O)c1cnc(N2CCCC2c2ccccc2)nc1CCCc1ccccc1. The average molecular weight is 387 g/mol. The molecule has 1 aliphatic rings. The largest absolute Gasteiger partial charge is 0.478 e. The number of rotatable bonds is 7. The van der Waals surface area contributed by atoms with Gasteiger partial charge in [-0.05, 0) is 43.2 Å². The first-order valence-corrected chi connectivity index (χ1v) is 10.2. The Kier molecular flexibility index (Phi) is 5.84. The Balaban J connectivity index is 1.55. The number of carbonyl (C=O) groups is 1. The summed E-state index contributed by atoms with van der Waals surface area (Å²) >= 11 is 0. The van der Waals surface area contributed by atoms with Crippen LogP contribution < -0.4 is 4.90 Å². The molecule has 1 saturated heterocycles. The molecule has 1 aromatic heterocycles. The summed E-state index contributed by atoms with van der Waals surface area (Å²) in [6.07, 6.45) is 5.97. The molecular formula is C24H25N3O2. The van der Waals surface area contributed by atoms with Crippen molar-refractivity contribution >= 4 is 11.9 Å². The lowest BCUT2D eigenvalue weighted by Crippen LogP contribution is -2.25. The molecule has 0 radical (unpaired) electrons. The van der Waals surface area contributed by atoms with Gasteiger partial charge in [0.25, 0.3) is 0 Å². The summed E-state index contributed by atoms with van der Waals surface area (Å²) in [7, 11) is 0. The molecule has 1 fully saturated rings. The number of hydrogen-bond donors (Lipinski definition) is 1. The van der Waals surface area contributed by atoms with E-state index >= 15 is 0 Å². The first-order chi connectivity index (χ1) is 14.2. The number of benzene rings is 2. The van der Waals surface area contributed by atoms with E-state index in [-0.39, 0.29) is 11.6 Å². The van der Waals surface area contributed by atoms with Crippen molar-refractivity contribution in [2.24, 2.45) is 0 Å². The first kappa shape index (κ1) is 19.1. The molecule has 4 rings (SSSR count). The topological polar surface area (TPSA) is 66.3 Å². The molecule has 0 aliphatic carbocycles. The Bertz CT molecular complexity index is 960. The maximum Gasteiger partial charge on any atom is 0.339 e. The predicted octanol–water partition coefficient (Wildman–Crippen LogP) is 4.69. The molecule has 1 unspecified atom stereocenters. The maximum atomic E-state index is 11.7. The highest BCUT2D eigenvalue weighted by atomic mass is 16.4. The monoisotopic (exact) mass is 387 g/mol. The van der Waals surface area contributed by atoms with Crippen LogP contribution in [0.15, 0.2) is 66.9 Å².